The normalized spacial score (nSPS) is 11.7. The number of anilines is 2. The van der Waals surface area contributed by atoms with Crippen LogP contribution in [0.5, 0.6) is 0 Å². The number of halogens is 4. The molecule has 4 aromatic rings. The average Bonchev–Trinajstić information content (AvgIpc) is 2.77. The number of nitrogens with zero attached hydrogens (tertiary/aromatic N) is 3. The van der Waals surface area contributed by atoms with E-state index in [9.17, 15) is 13.2 Å². The van der Waals surface area contributed by atoms with Gasteiger partial charge in [0.1, 0.15) is 12.4 Å². The second-order valence-electron chi connectivity index (χ2n) is 6.89. The van der Waals surface area contributed by atoms with Gasteiger partial charge in [0.25, 0.3) is 0 Å². The SMILES string of the molecule is CCOCc1nc(Nc2ccc(C(F)(F)F)cc2)c2ccc(-c3ncccc3Cl)cc2n1. The second-order valence-corrected chi connectivity index (χ2v) is 7.30. The molecule has 32 heavy (non-hydrogen) atoms. The summed E-state index contributed by atoms with van der Waals surface area (Å²) in [6, 6.07) is 13.8. The standard InChI is InChI=1S/C23H18ClF3N4O/c1-2-32-13-20-30-19-12-14(21-18(24)4-3-11-28-21)5-10-17(19)22(31-20)29-16-8-6-15(7-9-16)23(25,26)27/h3-12H,2,13H2,1H3,(H,29,30,31). The minimum absolute atomic E-state index is 0.197. The molecule has 0 amide bonds. The lowest BCUT2D eigenvalue weighted by Crippen LogP contribution is -2.06. The van der Waals surface area contributed by atoms with Gasteiger partial charge in [-0.25, -0.2) is 9.97 Å². The van der Waals surface area contributed by atoms with Crippen LogP contribution < -0.4 is 5.32 Å². The number of rotatable bonds is 6. The van der Waals surface area contributed by atoms with Crippen LogP contribution in [0.2, 0.25) is 5.02 Å². The van der Waals surface area contributed by atoms with Crippen LogP contribution in [-0.4, -0.2) is 21.6 Å². The average molecular weight is 459 g/mol. The highest BCUT2D eigenvalue weighted by Gasteiger charge is 2.30. The molecule has 9 heteroatoms. The molecule has 2 aromatic carbocycles. The molecule has 0 unspecified atom stereocenters. The molecule has 0 spiro atoms. The molecule has 2 aromatic heterocycles. The van der Waals surface area contributed by atoms with Crippen molar-refractivity contribution in [2.24, 2.45) is 0 Å². The van der Waals surface area contributed by atoms with E-state index in [-0.39, 0.29) is 6.61 Å². The highest BCUT2D eigenvalue weighted by Crippen LogP contribution is 2.33. The topological polar surface area (TPSA) is 59.9 Å². The van der Waals surface area contributed by atoms with Crippen LogP contribution in [0.3, 0.4) is 0 Å². The highest BCUT2D eigenvalue weighted by atomic mass is 35.5. The first-order valence-electron chi connectivity index (χ1n) is 9.78. The lowest BCUT2D eigenvalue weighted by Gasteiger charge is -2.13. The molecule has 0 saturated heterocycles. The van der Waals surface area contributed by atoms with Crippen molar-refractivity contribution >= 4 is 34.0 Å². The van der Waals surface area contributed by atoms with E-state index in [0.717, 1.165) is 17.7 Å². The van der Waals surface area contributed by atoms with Crippen molar-refractivity contribution in [2.75, 3.05) is 11.9 Å². The molecular formula is C23H18ClF3N4O. The summed E-state index contributed by atoms with van der Waals surface area (Å²) in [5, 5.41) is 4.31. The number of alkyl halides is 3. The second kappa shape index (κ2) is 9.10. The molecule has 2 heterocycles. The van der Waals surface area contributed by atoms with Crippen molar-refractivity contribution in [1.82, 2.24) is 15.0 Å². The van der Waals surface area contributed by atoms with E-state index in [1.807, 2.05) is 25.1 Å². The fourth-order valence-electron chi connectivity index (χ4n) is 3.16. The number of benzene rings is 2. The predicted molar refractivity (Wildman–Crippen MR) is 118 cm³/mol. The number of nitrogens with one attached hydrogen (secondary N) is 1. The summed E-state index contributed by atoms with van der Waals surface area (Å²) in [4.78, 5) is 13.4. The summed E-state index contributed by atoms with van der Waals surface area (Å²) < 4.78 is 44.0. The Bertz CT molecular complexity index is 1250. The minimum Gasteiger partial charge on any atom is -0.374 e. The van der Waals surface area contributed by atoms with Crippen LogP contribution >= 0.6 is 11.6 Å². The lowest BCUT2D eigenvalue weighted by molar-refractivity contribution is -0.137. The van der Waals surface area contributed by atoms with E-state index in [1.165, 1.54) is 12.1 Å². The maximum atomic E-state index is 12.9. The molecule has 0 saturated carbocycles. The van der Waals surface area contributed by atoms with Crippen molar-refractivity contribution in [3.8, 4) is 11.3 Å². The number of aromatic nitrogens is 3. The first-order chi connectivity index (χ1) is 15.3. The molecule has 4 rings (SSSR count). The third kappa shape index (κ3) is 4.81. The van der Waals surface area contributed by atoms with Gasteiger partial charge in [0.15, 0.2) is 5.82 Å². The first kappa shape index (κ1) is 22.0. The number of hydrogen-bond acceptors (Lipinski definition) is 5. The van der Waals surface area contributed by atoms with Gasteiger partial charge in [0, 0.05) is 29.4 Å². The molecule has 0 aliphatic carbocycles. The lowest BCUT2D eigenvalue weighted by atomic mass is 10.1. The summed E-state index contributed by atoms with van der Waals surface area (Å²) in [6.45, 7) is 2.55. The van der Waals surface area contributed by atoms with E-state index >= 15 is 0 Å². The van der Waals surface area contributed by atoms with Gasteiger partial charge >= 0.3 is 6.18 Å². The predicted octanol–water partition coefficient (Wildman–Crippen LogP) is 6.64. The number of ether oxygens (including phenoxy) is 1. The minimum atomic E-state index is -4.39. The summed E-state index contributed by atoms with van der Waals surface area (Å²) in [5.74, 6) is 0.904. The number of fused-ring (bicyclic) bond motifs is 1. The Balaban J connectivity index is 1.75. The van der Waals surface area contributed by atoms with Gasteiger partial charge in [-0.3, -0.25) is 4.98 Å². The van der Waals surface area contributed by atoms with Crippen molar-refractivity contribution in [3.63, 3.8) is 0 Å². The van der Waals surface area contributed by atoms with Gasteiger partial charge in [0.2, 0.25) is 0 Å². The van der Waals surface area contributed by atoms with Crippen LogP contribution in [0.4, 0.5) is 24.7 Å². The maximum Gasteiger partial charge on any atom is 0.416 e. The Labute approximate surface area is 187 Å². The fourth-order valence-corrected chi connectivity index (χ4v) is 3.39. The third-order valence-electron chi connectivity index (χ3n) is 4.69. The van der Waals surface area contributed by atoms with Gasteiger partial charge in [-0.05, 0) is 55.5 Å². The molecular weight excluding hydrogens is 441 g/mol. The monoisotopic (exact) mass is 458 g/mol. The van der Waals surface area contributed by atoms with Crippen LogP contribution in [0.15, 0.2) is 60.8 Å². The molecule has 0 fully saturated rings. The quantitative estimate of drug-likeness (QED) is 0.351. The Kier molecular flexibility index (Phi) is 6.25. The van der Waals surface area contributed by atoms with Crippen molar-refractivity contribution in [3.05, 3.63) is 77.2 Å². The molecule has 0 atom stereocenters. The molecule has 0 radical (unpaired) electrons. The van der Waals surface area contributed by atoms with Gasteiger partial charge < -0.3 is 10.1 Å². The summed E-state index contributed by atoms with van der Waals surface area (Å²) in [5.41, 5.74) is 1.79. The zero-order valence-corrected chi connectivity index (χ0v) is 17.7. The summed E-state index contributed by atoms with van der Waals surface area (Å²) >= 11 is 6.29. The zero-order chi connectivity index (χ0) is 22.7. The number of hydrogen-bond donors (Lipinski definition) is 1. The summed E-state index contributed by atoms with van der Waals surface area (Å²) in [6.07, 6.45) is -2.74. The molecule has 0 bridgehead atoms. The fraction of sp³-hybridized carbons (Fsp3) is 0.174. The van der Waals surface area contributed by atoms with E-state index in [2.05, 4.69) is 20.3 Å². The Morgan fingerprint density at radius 1 is 1.03 bits per heavy atom. The van der Waals surface area contributed by atoms with Crippen LogP contribution in [0.25, 0.3) is 22.2 Å². The Morgan fingerprint density at radius 3 is 2.50 bits per heavy atom. The molecule has 5 nitrogen and oxygen atoms in total. The molecule has 0 aliphatic rings. The van der Waals surface area contributed by atoms with Crippen LogP contribution in [-0.2, 0) is 17.5 Å². The Morgan fingerprint density at radius 2 is 1.81 bits per heavy atom. The highest BCUT2D eigenvalue weighted by molar-refractivity contribution is 6.33. The van der Waals surface area contributed by atoms with Gasteiger partial charge in [-0.1, -0.05) is 17.7 Å². The van der Waals surface area contributed by atoms with Gasteiger partial charge in [-0.2, -0.15) is 13.2 Å². The van der Waals surface area contributed by atoms with E-state index in [1.54, 1.807) is 18.3 Å². The van der Waals surface area contributed by atoms with E-state index < -0.39 is 11.7 Å². The number of pyridine rings is 1. The van der Waals surface area contributed by atoms with Crippen molar-refractivity contribution in [2.45, 2.75) is 19.7 Å². The zero-order valence-electron chi connectivity index (χ0n) is 16.9. The van der Waals surface area contributed by atoms with E-state index in [0.29, 0.717) is 45.6 Å². The van der Waals surface area contributed by atoms with E-state index in [4.69, 9.17) is 16.3 Å². The van der Waals surface area contributed by atoms with Gasteiger partial charge in [0.05, 0.1) is 21.8 Å². The van der Waals surface area contributed by atoms with Crippen molar-refractivity contribution < 1.29 is 17.9 Å². The van der Waals surface area contributed by atoms with Crippen LogP contribution in [0, 0.1) is 0 Å². The van der Waals surface area contributed by atoms with Gasteiger partial charge in [-0.15, -0.1) is 0 Å². The largest absolute Gasteiger partial charge is 0.416 e. The molecule has 0 aliphatic heterocycles. The smallest absolute Gasteiger partial charge is 0.374 e. The molecule has 164 valence electrons. The van der Waals surface area contributed by atoms with Crippen molar-refractivity contribution in [1.29, 1.82) is 0 Å². The summed E-state index contributed by atoms with van der Waals surface area (Å²) in [7, 11) is 0. The Hall–Kier alpha value is -3.23. The third-order valence-corrected chi connectivity index (χ3v) is 4.99. The van der Waals surface area contributed by atoms with Crippen LogP contribution in [0.1, 0.15) is 18.3 Å². The molecule has 1 N–H and O–H groups in total. The first-order valence-corrected chi connectivity index (χ1v) is 10.2. The maximum absolute atomic E-state index is 12.9.